The van der Waals surface area contributed by atoms with Crippen LogP contribution in [0.25, 0.3) is 5.69 Å². The van der Waals surface area contributed by atoms with E-state index in [0.29, 0.717) is 17.8 Å². The summed E-state index contributed by atoms with van der Waals surface area (Å²) < 4.78 is 14.6. The van der Waals surface area contributed by atoms with Crippen LogP contribution in [-0.4, -0.2) is 44.1 Å². The molecule has 2 aromatic rings. The van der Waals surface area contributed by atoms with E-state index in [4.69, 9.17) is 16.7 Å². The summed E-state index contributed by atoms with van der Waals surface area (Å²) in [6, 6.07) is 3.60. The second-order valence-electron chi connectivity index (χ2n) is 4.81. The SMILES string of the molecule is CSCC[C@@H](NCc1cn(-c2ccc(F)c(Cl)c2)nn1)C(=O)O. The first-order valence-corrected chi connectivity index (χ1v) is 8.60. The van der Waals surface area contributed by atoms with E-state index in [1.54, 1.807) is 18.0 Å². The molecule has 0 aliphatic rings. The van der Waals surface area contributed by atoms with Gasteiger partial charge in [-0.2, -0.15) is 11.8 Å². The number of rotatable bonds is 8. The molecule has 1 aromatic heterocycles. The average molecular weight is 359 g/mol. The highest BCUT2D eigenvalue weighted by molar-refractivity contribution is 7.98. The third-order valence-electron chi connectivity index (χ3n) is 3.15. The third-order valence-corrected chi connectivity index (χ3v) is 4.08. The van der Waals surface area contributed by atoms with Gasteiger partial charge in [0.2, 0.25) is 0 Å². The van der Waals surface area contributed by atoms with Crippen LogP contribution >= 0.6 is 23.4 Å². The van der Waals surface area contributed by atoms with Crippen molar-refractivity contribution in [2.45, 2.75) is 19.0 Å². The quantitative estimate of drug-likeness (QED) is 0.754. The number of carboxylic acids is 1. The number of aliphatic carboxylic acids is 1. The maximum atomic E-state index is 13.2. The Hall–Kier alpha value is -1.64. The van der Waals surface area contributed by atoms with Gasteiger partial charge in [-0.3, -0.25) is 10.1 Å². The Balaban J connectivity index is 2.01. The number of thioether (sulfide) groups is 1. The Morgan fingerprint density at radius 3 is 3.00 bits per heavy atom. The summed E-state index contributed by atoms with van der Waals surface area (Å²) in [6.45, 7) is 0.278. The van der Waals surface area contributed by atoms with E-state index in [9.17, 15) is 9.18 Å². The molecule has 0 aliphatic heterocycles. The number of hydrogen-bond acceptors (Lipinski definition) is 5. The van der Waals surface area contributed by atoms with Gasteiger partial charge < -0.3 is 5.11 Å². The molecule has 1 atom stereocenters. The summed E-state index contributed by atoms with van der Waals surface area (Å²) in [7, 11) is 0. The number of halogens is 2. The minimum Gasteiger partial charge on any atom is -0.480 e. The molecule has 0 saturated heterocycles. The highest BCUT2D eigenvalue weighted by Crippen LogP contribution is 2.18. The van der Waals surface area contributed by atoms with Gasteiger partial charge in [0.05, 0.1) is 22.6 Å². The van der Waals surface area contributed by atoms with Crippen LogP contribution < -0.4 is 5.32 Å². The molecule has 0 fully saturated rings. The van der Waals surface area contributed by atoms with Crippen LogP contribution in [0.4, 0.5) is 4.39 Å². The molecule has 1 heterocycles. The minimum atomic E-state index is -0.892. The Morgan fingerprint density at radius 2 is 2.35 bits per heavy atom. The zero-order valence-corrected chi connectivity index (χ0v) is 13.9. The topological polar surface area (TPSA) is 80.0 Å². The van der Waals surface area contributed by atoms with Crippen molar-refractivity contribution in [2.24, 2.45) is 0 Å². The molecule has 2 rings (SSSR count). The molecule has 0 radical (unpaired) electrons. The smallest absolute Gasteiger partial charge is 0.320 e. The van der Waals surface area contributed by atoms with Gasteiger partial charge in [-0.15, -0.1) is 5.10 Å². The van der Waals surface area contributed by atoms with Crippen molar-refractivity contribution < 1.29 is 14.3 Å². The number of benzene rings is 1. The Kier molecular flexibility index (Phi) is 6.37. The standard InChI is InChI=1S/C14H16ClFN4O2S/c1-23-5-4-13(14(21)22)17-7-9-8-20(19-18-9)10-2-3-12(16)11(15)6-10/h2-3,6,8,13,17H,4-5,7H2,1H3,(H,21,22)/t13-/m1/s1. The molecular weight excluding hydrogens is 343 g/mol. The first-order valence-electron chi connectivity index (χ1n) is 6.83. The normalized spacial score (nSPS) is 12.3. The largest absolute Gasteiger partial charge is 0.480 e. The zero-order chi connectivity index (χ0) is 16.8. The van der Waals surface area contributed by atoms with Crippen LogP contribution in [0.3, 0.4) is 0 Å². The van der Waals surface area contributed by atoms with Crippen LogP contribution in [0.1, 0.15) is 12.1 Å². The molecule has 124 valence electrons. The van der Waals surface area contributed by atoms with Gasteiger partial charge in [-0.25, -0.2) is 9.07 Å². The van der Waals surface area contributed by atoms with Gasteiger partial charge in [0.15, 0.2) is 0 Å². The molecule has 0 spiro atoms. The van der Waals surface area contributed by atoms with Gasteiger partial charge in [0, 0.05) is 6.54 Å². The molecule has 0 aliphatic carbocycles. The molecule has 0 amide bonds. The van der Waals surface area contributed by atoms with Crippen molar-refractivity contribution in [1.82, 2.24) is 20.3 Å². The van der Waals surface area contributed by atoms with E-state index in [2.05, 4.69) is 15.6 Å². The lowest BCUT2D eigenvalue weighted by atomic mass is 10.2. The van der Waals surface area contributed by atoms with Crippen molar-refractivity contribution in [3.8, 4) is 5.69 Å². The second-order valence-corrected chi connectivity index (χ2v) is 6.20. The van der Waals surface area contributed by atoms with Crippen LogP contribution in [-0.2, 0) is 11.3 Å². The minimum absolute atomic E-state index is 0.000631. The summed E-state index contributed by atoms with van der Waals surface area (Å²) in [4.78, 5) is 11.2. The highest BCUT2D eigenvalue weighted by Gasteiger charge is 2.16. The van der Waals surface area contributed by atoms with Gasteiger partial charge in [0.1, 0.15) is 11.9 Å². The molecule has 0 unspecified atom stereocenters. The summed E-state index contributed by atoms with van der Waals surface area (Å²) in [5, 5.41) is 20.0. The Bertz CT molecular complexity index is 683. The monoisotopic (exact) mass is 358 g/mol. The first kappa shape index (κ1) is 17.7. The van der Waals surface area contributed by atoms with Crippen LogP contribution in [0.15, 0.2) is 24.4 Å². The molecule has 6 nitrogen and oxygen atoms in total. The predicted octanol–water partition coefficient (Wildman–Crippen LogP) is 2.36. The van der Waals surface area contributed by atoms with Gasteiger partial charge >= 0.3 is 5.97 Å². The number of nitrogens with one attached hydrogen (secondary N) is 1. The zero-order valence-electron chi connectivity index (χ0n) is 12.4. The fourth-order valence-corrected chi connectivity index (χ4v) is 2.56. The van der Waals surface area contributed by atoms with E-state index < -0.39 is 17.8 Å². The third kappa shape index (κ3) is 4.92. The van der Waals surface area contributed by atoms with Crippen molar-refractivity contribution in [3.63, 3.8) is 0 Å². The van der Waals surface area contributed by atoms with Crippen LogP contribution in [0.5, 0.6) is 0 Å². The number of nitrogens with zero attached hydrogens (tertiary/aromatic N) is 3. The molecule has 23 heavy (non-hydrogen) atoms. The lowest BCUT2D eigenvalue weighted by molar-refractivity contribution is -0.139. The highest BCUT2D eigenvalue weighted by atomic mass is 35.5. The van der Waals surface area contributed by atoms with Gasteiger partial charge in [0.25, 0.3) is 0 Å². The van der Waals surface area contributed by atoms with E-state index in [0.717, 1.165) is 5.75 Å². The molecule has 1 aromatic carbocycles. The molecule has 0 bridgehead atoms. The fraction of sp³-hybridized carbons (Fsp3) is 0.357. The van der Waals surface area contributed by atoms with E-state index in [1.807, 2.05) is 6.26 Å². The van der Waals surface area contributed by atoms with Crippen molar-refractivity contribution in [2.75, 3.05) is 12.0 Å². The Labute approximate surface area is 142 Å². The summed E-state index contributed by atoms with van der Waals surface area (Å²) in [5.41, 5.74) is 1.16. The number of carboxylic acid groups (broad SMARTS) is 1. The van der Waals surface area contributed by atoms with E-state index in [1.165, 1.54) is 22.9 Å². The average Bonchev–Trinajstić information content (AvgIpc) is 2.98. The second kappa shape index (κ2) is 8.28. The van der Waals surface area contributed by atoms with Gasteiger partial charge in [-0.1, -0.05) is 16.8 Å². The van der Waals surface area contributed by atoms with Crippen molar-refractivity contribution in [3.05, 3.63) is 40.9 Å². The van der Waals surface area contributed by atoms with Crippen molar-refractivity contribution in [1.29, 1.82) is 0 Å². The van der Waals surface area contributed by atoms with Gasteiger partial charge in [-0.05, 0) is 36.6 Å². The van der Waals surface area contributed by atoms with Crippen molar-refractivity contribution >= 4 is 29.3 Å². The lowest BCUT2D eigenvalue weighted by Gasteiger charge is -2.12. The fourth-order valence-electron chi connectivity index (χ4n) is 1.91. The Morgan fingerprint density at radius 1 is 1.57 bits per heavy atom. The van der Waals surface area contributed by atoms with Crippen LogP contribution in [0.2, 0.25) is 5.02 Å². The number of hydrogen-bond donors (Lipinski definition) is 2. The maximum absolute atomic E-state index is 13.2. The maximum Gasteiger partial charge on any atom is 0.320 e. The summed E-state index contributed by atoms with van der Waals surface area (Å²) >= 11 is 7.33. The summed E-state index contributed by atoms with van der Waals surface area (Å²) in [5.74, 6) is -0.641. The summed E-state index contributed by atoms with van der Waals surface area (Å²) in [6.07, 6.45) is 4.10. The molecule has 9 heteroatoms. The van der Waals surface area contributed by atoms with Crippen LogP contribution in [0, 0.1) is 5.82 Å². The predicted molar refractivity (Wildman–Crippen MR) is 87.6 cm³/mol. The first-order chi connectivity index (χ1) is 11.0. The number of carbonyl (C=O) groups is 1. The van der Waals surface area contributed by atoms with E-state index in [-0.39, 0.29) is 11.6 Å². The molecule has 0 saturated carbocycles. The lowest BCUT2D eigenvalue weighted by Crippen LogP contribution is -2.36. The number of aromatic nitrogens is 3. The molecular formula is C14H16ClFN4O2S. The van der Waals surface area contributed by atoms with E-state index >= 15 is 0 Å². The molecule has 2 N–H and O–H groups in total.